The van der Waals surface area contributed by atoms with E-state index in [2.05, 4.69) is 53.3 Å². The fourth-order valence-corrected chi connectivity index (χ4v) is 4.17. The van der Waals surface area contributed by atoms with Crippen LogP contribution in [-0.4, -0.2) is 38.8 Å². The zero-order valence-electron chi connectivity index (χ0n) is 15.4. The van der Waals surface area contributed by atoms with Crippen LogP contribution in [0.25, 0.3) is 4.96 Å². The van der Waals surface area contributed by atoms with Crippen LogP contribution in [0.4, 0.5) is 0 Å². The Labute approximate surface area is 161 Å². The van der Waals surface area contributed by atoms with Gasteiger partial charge in [0.05, 0.1) is 0 Å². The number of fused-ring (bicyclic) bond motifs is 2. The molecule has 1 aliphatic heterocycles. The number of nitrogens with one attached hydrogen (secondary N) is 1. The molecule has 2 aromatic heterocycles. The molecule has 0 saturated carbocycles. The lowest BCUT2D eigenvalue weighted by Gasteiger charge is -2.41. The van der Waals surface area contributed by atoms with Crippen molar-refractivity contribution in [2.75, 3.05) is 13.1 Å². The summed E-state index contributed by atoms with van der Waals surface area (Å²) in [6.07, 6.45) is 4.02. The molecule has 0 unspecified atom stereocenters. The Kier molecular flexibility index (Phi) is 4.57. The molecule has 0 spiro atoms. The summed E-state index contributed by atoms with van der Waals surface area (Å²) in [5, 5.41) is 4.71. The van der Waals surface area contributed by atoms with E-state index >= 15 is 0 Å². The first-order valence-electron chi connectivity index (χ1n) is 9.00. The van der Waals surface area contributed by atoms with Gasteiger partial charge in [-0.25, -0.2) is 4.98 Å². The monoisotopic (exact) mass is 382 g/mol. The molecule has 0 aliphatic carbocycles. The van der Waals surface area contributed by atoms with Gasteiger partial charge >= 0.3 is 0 Å². The Morgan fingerprint density at radius 2 is 2.07 bits per heavy atom. The van der Waals surface area contributed by atoms with Gasteiger partial charge in [-0.3, -0.25) is 18.9 Å². The second kappa shape index (κ2) is 6.90. The summed E-state index contributed by atoms with van der Waals surface area (Å²) >= 11 is 1.37. The molecular weight excluding hydrogens is 360 g/mol. The highest BCUT2D eigenvalue weighted by molar-refractivity contribution is 7.15. The topological polar surface area (TPSA) is 66.7 Å². The maximum atomic E-state index is 12.6. The van der Waals surface area contributed by atoms with Crippen LogP contribution in [0.15, 0.2) is 46.8 Å². The van der Waals surface area contributed by atoms with Gasteiger partial charge in [0.25, 0.3) is 11.5 Å². The number of rotatable bonds is 4. The highest BCUT2D eigenvalue weighted by atomic mass is 32.1. The first-order valence-corrected chi connectivity index (χ1v) is 9.88. The molecule has 0 fully saturated rings. The lowest BCUT2D eigenvalue weighted by Crippen LogP contribution is -2.53. The summed E-state index contributed by atoms with van der Waals surface area (Å²) < 4.78 is 1.41. The zero-order chi connectivity index (χ0) is 19.0. The van der Waals surface area contributed by atoms with Gasteiger partial charge in [0.2, 0.25) is 0 Å². The van der Waals surface area contributed by atoms with Crippen molar-refractivity contribution in [1.29, 1.82) is 0 Å². The fourth-order valence-electron chi connectivity index (χ4n) is 3.50. The number of carbonyl (C=O) groups excluding carboxylic acids is 1. The lowest BCUT2D eigenvalue weighted by atomic mass is 9.94. The van der Waals surface area contributed by atoms with Gasteiger partial charge in [-0.05, 0) is 31.4 Å². The van der Waals surface area contributed by atoms with Crippen molar-refractivity contribution < 1.29 is 4.79 Å². The first-order chi connectivity index (χ1) is 13.0. The van der Waals surface area contributed by atoms with Gasteiger partial charge in [0.15, 0.2) is 4.96 Å². The van der Waals surface area contributed by atoms with E-state index in [1.54, 1.807) is 11.6 Å². The Morgan fingerprint density at radius 3 is 2.89 bits per heavy atom. The van der Waals surface area contributed by atoms with Crippen molar-refractivity contribution in [3.8, 4) is 0 Å². The highest BCUT2D eigenvalue weighted by Crippen LogP contribution is 2.25. The van der Waals surface area contributed by atoms with E-state index < -0.39 is 0 Å². The lowest BCUT2D eigenvalue weighted by molar-refractivity contribution is 0.0824. The number of hydrogen-bond acceptors (Lipinski definition) is 5. The Bertz CT molecular complexity index is 1050. The van der Waals surface area contributed by atoms with Gasteiger partial charge < -0.3 is 5.32 Å². The Balaban J connectivity index is 1.46. The van der Waals surface area contributed by atoms with Crippen LogP contribution in [-0.2, 0) is 13.0 Å². The van der Waals surface area contributed by atoms with E-state index in [4.69, 9.17) is 0 Å². The van der Waals surface area contributed by atoms with Gasteiger partial charge in [-0.1, -0.05) is 24.3 Å². The minimum absolute atomic E-state index is 0.0747. The van der Waals surface area contributed by atoms with E-state index in [-0.39, 0.29) is 22.6 Å². The van der Waals surface area contributed by atoms with Crippen LogP contribution >= 0.6 is 11.3 Å². The molecule has 1 aromatic carbocycles. The third-order valence-electron chi connectivity index (χ3n) is 5.26. The predicted molar refractivity (Wildman–Crippen MR) is 106 cm³/mol. The zero-order valence-corrected chi connectivity index (χ0v) is 16.3. The first kappa shape index (κ1) is 17.9. The van der Waals surface area contributed by atoms with Crippen LogP contribution < -0.4 is 10.9 Å². The van der Waals surface area contributed by atoms with Crippen molar-refractivity contribution in [2.45, 2.75) is 32.4 Å². The summed E-state index contributed by atoms with van der Waals surface area (Å²) in [5.41, 5.74) is 2.26. The minimum atomic E-state index is -0.376. The van der Waals surface area contributed by atoms with Crippen LogP contribution in [0.2, 0.25) is 0 Å². The molecule has 3 aromatic rings. The van der Waals surface area contributed by atoms with Crippen LogP contribution in [0.1, 0.15) is 35.3 Å². The molecular formula is C20H22N4O2S. The third-order valence-corrected chi connectivity index (χ3v) is 6.03. The molecule has 1 aliphatic rings. The molecule has 140 valence electrons. The Morgan fingerprint density at radius 1 is 1.30 bits per heavy atom. The maximum absolute atomic E-state index is 12.6. The smallest absolute Gasteiger partial charge is 0.271 e. The van der Waals surface area contributed by atoms with Crippen molar-refractivity contribution >= 4 is 22.2 Å². The molecule has 4 rings (SSSR count). The van der Waals surface area contributed by atoms with Crippen molar-refractivity contribution in [3.63, 3.8) is 0 Å². The van der Waals surface area contributed by atoms with Crippen LogP contribution in [0.3, 0.4) is 0 Å². The van der Waals surface area contributed by atoms with Crippen molar-refractivity contribution in [1.82, 2.24) is 19.6 Å². The average Bonchev–Trinajstić information content (AvgIpc) is 3.16. The van der Waals surface area contributed by atoms with Crippen LogP contribution in [0, 0.1) is 0 Å². The SMILES string of the molecule is CC(C)(CNC(=O)c1cnc2sccn2c1=O)N1CCc2ccccc2C1. The summed E-state index contributed by atoms with van der Waals surface area (Å²) in [4.78, 5) is 32.2. The molecule has 1 amide bonds. The molecule has 0 atom stereocenters. The standard InChI is InChI=1S/C20H22N4O2S/c1-20(2,23-8-7-14-5-3-4-6-15(14)12-23)13-22-17(25)16-11-21-19-24(18(16)26)9-10-27-19/h3-6,9-11H,7-8,12-13H2,1-2H3,(H,22,25). The van der Waals surface area contributed by atoms with Gasteiger partial charge in [0, 0.05) is 42.9 Å². The summed E-state index contributed by atoms with van der Waals surface area (Å²) in [5.74, 6) is -0.376. The molecule has 0 saturated heterocycles. The summed E-state index contributed by atoms with van der Waals surface area (Å²) in [7, 11) is 0. The molecule has 6 nitrogen and oxygen atoms in total. The molecule has 3 heterocycles. The normalized spacial score (nSPS) is 14.9. The number of hydrogen-bond donors (Lipinski definition) is 1. The third kappa shape index (κ3) is 3.40. The van der Waals surface area contributed by atoms with E-state index in [1.165, 1.54) is 33.1 Å². The van der Waals surface area contributed by atoms with Crippen LogP contribution in [0.5, 0.6) is 0 Å². The summed E-state index contributed by atoms with van der Waals surface area (Å²) in [6.45, 7) is 6.51. The largest absolute Gasteiger partial charge is 0.350 e. The van der Waals surface area contributed by atoms with Gasteiger partial charge in [-0.15, -0.1) is 11.3 Å². The van der Waals surface area contributed by atoms with E-state index in [9.17, 15) is 9.59 Å². The van der Waals surface area contributed by atoms with E-state index in [0.29, 0.717) is 11.5 Å². The molecule has 27 heavy (non-hydrogen) atoms. The fraction of sp³-hybridized carbons (Fsp3) is 0.350. The summed E-state index contributed by atoms with van der Waals surface area (Å²) in [6, 6.07) is 8.50. The highest BCUT2D eigenvalue weighted by Gasteiger charge is 2.30. The molecule has 7 heteroatoms. The van der Waals surface area contributed by atoms with E-state index in [0.717, 1.165) is 19.5 Å². The quantitative estimate of drug-likeness (QED) is 0.752. The molecule has 0 bridgehead atoms. The molecule has 1 N–H and O–H groups in total. The maximum Gasteiger partial charge on any atom is 0.271 e. The minimum Gasteiger partial charge on any atom is -0.350 e. The number of aromatic nitrogens is 2. The van der Waals surface area contributed by atoms with Gasteiger partial charge in [0.1, 0.15) is 5.56 Å². The number of thiazole rings is 1. The predicted octanol–water partition coefficient (Wildman–Crippen LogP) is 2.32. The number of amides is 1. The second-order valence-electron chi connectivity index (χ2n) is 7.47. The van der Waals surface area contributed by atoms with Gasteiger partial charge in [-0.2, -0.15) is 0 Å². The average molecular weight is 382 g/mol. The second-order valence-corrected chi connectivity index (χ2v) is 8.34. The molecule has 0 radical (unpaired) electrons. The van der Waals surface area contributed by atoms with E-state index in [1.807, 2.05) is 0 Å². The number of carbonyl (C=O) groups is 1. The number of benzene rings is 1. The number of nitrogens with zero attached hydrogens (tertiary/aromatic N) is 3. The van der Waals surface area contributed by atoms with Crippen molar-refractivity contribution in [2.24, 2.45) is 0 Å². The van der Waals surface area contributed by atoms with Crippen molar-refractivity contribution in [3.05, 3.63) is 69.1 Å². The Hall–Kier alpha value is -2.51.